The predicted molar refractivity (Wildman–Crippen MR) is 97.9 cm³/mol. The molecule has 1 atom stereocenters. The Morgan fingerprint density at radius 1 is 1.16 bits per heavy atom. The maximum absolute atomic E-state index is 13.0. The van der Waals surface area contributed by atoms with E-state index in [1.807, 2.05) is 62.4 Å². The van der Waals surface area contributed by atoms with E-state index in [4.69, 9.17) is 0 Å². The zero-order valence-electron chi connectivity index (χ0n) is 14.8. The molecule has 2 amide bonds. The molecule has 0 saturated heterocycles. The van der Waals surface area contributed by atoms with Gasteiger partial charge >= 0.3 is 0 Å². The van der Waals surface area contributed by atoms with Crippen LogP contribution in [0.25, 0.3) is 0 Å². The molecule has 2 aromatic rings. The van der Waals surface area contributed by atoms with Crippen LogP contribution in [0.1, 0.15) is 41.6 Å². The minimum atomic E-state index is -0.540. The number of fused-ring (bicyclic) bond motifs is 1. The summed E-state index contributed by atoms with van der Waals surface area (Å²) in [6.45, 7) is 5.12. The Labute approximate surface area is 148 Å². The molecule has 0 saturated carbocycles. The SMILES string of the molecule is CCCN1C(=O)Cc2ccccc2C1C(=O)NCc1ccccc1C. The van der Waals surface area contributed by atoms with Gasteiger partial charge in [-0.3, -0.25) is 9.59 Å². The van der Waals surface area contributed by atoms with E-state index < -0.39 is 6.04 Å². The van der Waals surface area contributed by atoms with Gasteiger partial charge in [0.2, 0.25) is 11.8 Å². The summed E-state index contributed by atoms with van der Waals surface area (Å²) in [5.74, 6) is -0.0891. The van der Waals surface area contributed by atoms with Crippen molar-refractivity contribution < 1.29 is 9.59 Å². The Morgan fingerprint density at radius 2 is 1.88 bits per heavy atom. The average Bonchev–Trinajstić information content (AvgIpc) is 2.61. The minimum Gasteiger partial charge on any atom is -0.350 e. The lowest BCUT2D eigenvalue weighted by Gasteiger charge is -2.36. The van der Waals surface area contributed by atoms with Crippen molar-refractivity contribution in [3.05, 3.63) is 70.8 Å². The normalized spacial score (nSPS) is 16.5. The Bertz CT molecular complexity index is 785. The first-order valence-corrected chi connectivity index (χ1v) is 8.81. The smallest absolute Gasteiger partial charge is 0.247 e. The molecule has 2 aromatic carbocycles. The molecule has 0 spiro atoms. The number of benzene rings is 2. The topological polar surface area (TPSA) is 49.4 Å². The minimum absolute atomic E-state index is 0.0246. The second-order valence-corrected chi connectivity index (χ2v) is 6.51. The molecule has 0 aromatic heterocycles. The number of carbonyl (C=O) groups excluding carboxylic acids is 2. The van der Waals surface area contributed by atoms with Gasteiger partial charge in [-0.2, -0.15) is 0 Å². The summed E-state index contributed by atoms with van der Waals surface area (Å²) in [6, 6.07) is 15.2. The summed E-state index contributed by atoms with van der Waals surface area (Å²) < 4.78 is 0. The first-order chi connectivity index (χ1) is 12.1. The fraction of sp³-hybridized carbons (Fsp3) is 0.333. The van der Waals surface area contributed by atoms with Crippen molar-refractivity contribution in [3.63, 3.8) is 0 Å². The van der Waals surface area contributed by atoms with Crippen LogP contribution in [0.4, 0.5) is 0 Å². The van der Waals surface area contributed by atoms with Crippen LogP contribution in [-0.2, 0) is 22.6 Å². The predicted octanol–water partition coefficient (Wildman–Crippen LogP) is 3.15. The summed E-state index contributed by atoms with van der Waals surface area (Å²) in [6.07, 6.45) is 1.20. The Hall–Kier alpha value is -2.62. The maximum Gasteiger partial charge on any atom is 0.247 e. The number of nitrogens with zero attached hydrogens (tertiary/aromatic N) is 1. The van der Waals surface area contributed by atoms with E-state index >= 15 is 0 Å². The van der Waals surface area contributed by atoms with Gasteiger partial charge in [-0.15, -0.1) is 0 Å². The average molecular weight is 336 g/mol. The third-order valence-electron chi connectivity index (χ3n) is 4.75. The summed E-state index contributed by atoms with van der Waals surface area (Å²) in [4.78, 5) is 27.2. The first-order valence-electron chi connectivity index (χ1n) is 8.81. The fourth-order valence-electron chi connectivity index (χ4n) is 3.40. The molecule has 1 N–H and O–H groups in total. The van der Waals surface area contributed by atoms with Crippen molar-refractivity contribution in [1.82, 2.24) is 10.2 Å². The molecule has 1 aliphatic rings. The molecule has 4 heteroatoms. The first kappa shape index (κ1) is 17.2. The monoisotopic (exact) mass is 336 g/mol. The highest BCUT2D eigenvalue weighted by molar-refractivity contribution is 5.92. The van der Waals surface area contributed by atoms with Gasteiger partial charge in [0.15, 0.2) is 0 Å². The molecule has 0 aliphatic carbocycles. The van der Waals surface area contributed by atoms with Crippen LogP contribution >= 0.6 is 0 Å². The lowest BCUT2D eigenvalue weighted by molar-refractivity contribution is -0.141. The molecule has 3 rings (SSSR count). The number of aryl methyl sites for hydroxylation is 1. The number of amides is 2. The number of rotatable bonds is 5. The van der Waals surface area contributed by atoms with Gasteiger partial charge in [0.05, 0.1) is 6.42 Å². The van der Waals surface area contributed by atoms with Crippen LogP contribution in [0.5, 0.6) is 0 Å². The van der Waals surface area contributed by atoms with E-state index in [1.165, 1.54) is 0 Å². The van der Waals surface area contributed by atoms with Crippen molar-refractivity contribution in [2.24, 2.45) is 0 Å². The Morgan fingerprint density at radius 3 is 2.64 bits per heavy atom. The van der Waals surface area contributed by atoms with E-state index in [-0.39, 0.29) is 11.8 Å². The van der Waals surface area contributed by atoms with Crippen LogP contribution in [0, 0.1) is 6.92 Å². The fourth-order valence-corrected chi connectivity index (χ4v) is 3.40. The Balaban J connectivity index is 1.85. The van der Waals surface area contributed by atoms with Gasteiger partial charge < -0.3 is 10.2 Å². The third-order valence-corrected chi connectivity index (χ3v) is 4.75. The molecular weight excluding hydrogens is 312 g/mol. The molecule has 4 nitrogen and oxygen atoms in total. The van der Waals surface area contributed by atoms with Crippen LogP contribution in [-0.4, -0.2) is 23.3 Å². The lowest BCUT2D eigenvalue weighted by Crippen LogP contribution is -2.47. The van der Waals surface area contributed by atoms with Crippen molar-refractivity contribution in [1.29, 1.82) is 0 Å². The molecular formula is C21H24N2O2. The van der Waals surface area contributed by atoms with Gasteiger partial charge in [0, 0.05) is 13.1 Å². The van der Waals surface area contributed by atoms with E-state index in [2.05, 4.69) is 5.32 Å². The highest BCUT2D eigenvalue weighted by atomic mass is 16.2. The second kappa shape index (κ2) is 7.51. The van der Waals surface area contributed by atoms with Crippen LogP contribution in [0.2, 0.25) is 0 Å². The molecule has 0 fully saturated rings. The number of carbonyl (C=O) groups is 2. The van der Waals surface area contributed by atoms with Crippen molar-refractivity contribution in [2.45, 2.75) is 39.3 Å². The Kier molecular flexibility index (Phi) is 5.17. The van der Waals surface area contributed by atoms with Crippen LogP contribution in [0.15, 0.2) is 48.5 Å². The maximum atomic E-state index is 13.0. The van der Waals surface area contributed by atoms with E-state index in [0.29, 0.717) is 19.5 Å². The molecule has 130 valence electrons. The van der Waals surface area contributed by atoms with Crippen LogP contribution in [0.3, 0.4) is 0 Å². The quantitative estimate of drug-likeness (QED) is 0.912. The molecule has 0 radical (unpaired) electrons. The van der Waals surface area contributed by atoms with Crippen molar-refractivity contribution >= 4 is 11.8 Å². The van der Waals surface area contributed by atoms with Gasteiger partial charge in [-0.1, -0.05) is 55.5 Å². The molecule has 1 unspecified atom stereocenters. The second-order valence-electron chi connectivity index (χ2n) is 6.51. The highest BCUT2D eigenvalue weighted by Crippen LogP contribution is 2.30. The van der Waals surface area contributed by atoms with Crippen molar-refractivity contribution in [2.75, 3.05) is 6.54 Å². The number of hydrogen-bond donors (Lipinski definition) is 1. The standard InChI is InChI=1S/C21H24N2O2/c1-3-12-23-19(24)13-16-9-6-7-11-18(16)20(23)21(25)22-14-17-10-5-4-8-15(17)2/h4-11,20H,3,12-14H2,1-2H3,(H,22,25). The molecule has 0 bridgehead atoms. The van der Waals surface area contributed by atoms with Gasteiger partial charge in [-0.05, 0) is 35.6 Å². The third kappa shape index (κ3) is 3.58. The summed E-state index contributed by atoms with van der Waals surface area (Å²) in [7, 11) is 0. The van der Waals surface area contributed by atoms with E-state index in [9.17, 15) is 9.59 Å². The van der Waals surface area contributed by atoms with Gasteiger partial charge in [0.25, 0.3) is 0 Å². The lowest BCUT2D eigenvalue weighted by atomic mass is 9.91. The largest absolute Gasteiger partial charge is 0.350 e. The number of nitrogens with one attached hydrogen (secondary N) is 1. The summed E-state index contributed by atoms with van der Waals surface area (Å²) in [5.41, 5.74) is 4.13. The zero-order valence-corrected chi connectivity index (χ0v) is 14.8. The van der Waals surface area contributed by atoms with Gasteiger partial charge in [-0.25, -0.2) is 0 Å². The van der Waals surface area contributed by atoms with E-state index in [0.717, 1.165) is 28.7 Å². The molecule has 1 aliphatic heterocycles. The molecule has 25 heavy (non-hydrogen) atoms. The van der Waals surface area contributed by atoms with E-state index in [1.54, 1.807) is 4.90 Å². The van der Waals surface area contributed by atoms with Gasteiger partial charge in [0.1, 0.15) is 6.04 Å². The molecule has 1 heterocycles. The number of hydrogen-bond acceptors (Lipinski definition) is 2. The van der Waals surface area contributed by atoms with Crippen molar-refractivity contribution in [3.8, 4) is 0 Å². The summed E-state index contributed by atoms with van der Waals surface area (Å²) >= 11 is 0. The highest BCUT2D eigenvalue weighted by Gasteiger charge is 2.36. The summed E-state index contributed by atoms with van der Waals surface area (Å²) in [5, 5.41) is 3.03. The van der Waals surface area contributed by atoms with Crippen LogP contribution < -0.4 is 5.32 Å². The zero-order chi connectivity index (χ0) is 17.8.